The number of amides is 2. The van der Waals surface area contributed by atoms with Crippen LogP contribution in [-0.2, 0) is 34.7 Å². The highest BCUT2D eigenvalue weighted by Crippen LogP contribution is 2.81. The number of carbonyl (C=O) groups is 3. The van der Waals surface area contributed by atoms with Gasteiger partial charge < -0.3 is 9.47 Å². The maximum Gasteiger partial charge on any atom is 0.311 e. The molecule has 190 valence electrons. The standard InChI is InChI=1S/C30H35NO5/c1-8-12-17-18(9-2)29(16-36-26(34)27(3,4)15-28(5,6)35-7)19-13-10-11-14-20(19)30(29)22(17)21-23(30)25(33)31-24(21)32/h8-14,21-23H,2,15-16H2,1,3-7H3,(H,31,32,33)/b12-8-. The van der Waals surface area contributed by atoms with E-state index in [9.17, 15) is 14.4 Å². The fourth-order valence-corrected chi connectivity index (χ4v) is 8.00. The molecule has 0 radical (unpaired) electrons. The van der Waals surface area contributed by atoms with E-state index >= 15 is 0 Å². The molecule has 1 aromatic rings. The molecule has 5 atom stereocenters. The van der Waals surface area contributed by atoms with E-state index in [1.54, 1.807) is 7.11 Å². The lowest BCUT2D eigenvalue weighted by Gasteiger charge is -2.68. The van der Waals surface area contributed by atoms with E-state index < -0.39 is 33.7 Å². The lowest BCUT2D eigenvalue weighted by atomic mass is 9.31. The summed E-state index contributed by atoms with van der Waals surface area (Å²) < 4.78 is 11.7. The number of ether oxygens (including phenoxy) is 2. The molecule has 0 aromatic heterocycles. The molecule has 36 heavy (non-hydrogen) atoms. The van der Waals surface area contributed by atoms with Gasteiger partial charge in [-0.25, -0.2) is 0 Å². The molecule has 1 N–H and O–H groups in total. The fourth-order valence-electron chi connectivity index (χ4n) is 8.00. The molecule has 2 amide bonds. The van der Waals surface area contributed by atoms with Crippen molar-refractivity contribution in [2.24, 2.45) is 23.2 Å². The van der Waals surface area contributed by atoms with Crippen LogP contribution >= 0.6 is 0 Å². The zero-order valence-corrected chi connectivity index (χ0v) is 21.9. The Labute approximate surface area is 212 Å². The first-order valence-electron chi connectivity index (χ1n) is 12.6. The molecule has 1 aromatic carbocycles. The Morgan fingerprint density at radius 2 is 1.78 bits per heavy atom. The second-order valence-corrected chi connectivity index (χ2v) is 11.8. The smallest absolute Gasteiger partial charge is 0.311 e. The molecule has 1 heterocycles. The third-order valence-corrected chi connectivity index (χ3v) is 9.12. The van der Waals surface area contributed by atoms with E-state index in [0.29, 0.717) is 6.42 Å². The molecule has 2 fully saturated rings. The SMILES string of the molecule is C=CC1=C(/C=C\C)C2C3C(=O)NC(=O)C3C23c2ccccc2C13COC(=O)C(C)(C)CC(C)(C)OC. The van der Waals surface area contributed by atoms with Crippen molar-refractivity contribution < 1.29 is 23.9 Å². The number of rotatable bonds is 8. The summed E-state index contributed by atoms with van der Waals surface area (Å²) in [4.78, 5) is 39.5. The Bertz CT molecular complexity index is 1250. The minimum Gasteiger partial charge on any atom is -0.464 e. The number of benzene rings is 1. The highest BCUT2D eigenvalue weighted by molar-refractivity contribution is 6.10. The molecule has 1 saturated heterocycles. The molecular formula is C30H35NO5. The number of esters is 1. The molecular weight excluding hydrogens is 454 g/mol. The first-order valence-corrected chi connectivity index (χ1v) is 12.6. The van der Waals surface area contributed by atoms with Crippen molar-refractivity contribution in [2.75, 3.05) is 13.7 Å². The summed E-state index contributed by atoms with van der Waals surface area (Å²) in [6.45, 7) is 13.8. The highest BCUT2D eigenvalue weighted by Gasteiger charge is 2.86. The minimum atomic E-state index is -0.780. The van der Waals surface area contributed by atoms with Crippen LogP contribution in [0.25, 0.3) is 0 Å². The van der Waals surface area contributed by atoms with Crippen LogP contribution in [0.2, 0.25) is 0 Å². The zero-order chi connectivity index (χ0) is 26.3. The lowest BCUT2D eigenvalue weighted by molar-refractivity contribution is -0.167. The quantitative estimate of drug-likeness (QED) is 0.438. The van der Waals surface area contributed by atoms with Gasteiger partial charge in [-0.2, -0.15) is 0 Å². The van der Waals surface area contributed by atoms with Crippen LogP contribution in [0.3, 0.4) is 0 Å². The van der Waals surface area contributed by atoms with Gasteiger partial charge in [0.05, 0.1) is 28.3 Å². The van der Waals surface area contributed by atoms with Crippen molar-refractivity contribution in [3.63, 3.8) is 0 Å². The molecule has 5 rings (SSSR count). The second-order valence-electron chi connectivity index (χ2n) is 11.8. The van der Waals surface area contributed by atoms with Gasteiger partial charge in [0.2, 0.25) is 11.8 Å². The van der Waals surface area contributed by atoms with Gasteiger partial charge in [0.25, 0.3) is 0 Å². The van der Waals surface area contributed by atoms with Crippen LogP contribution in [0.1, 0.15) is 52.2 Å². The van der Waals surface area contributed by atoms with Crippen LogP contribution in [0, 0.1) is 23.2 Å². The number of fused-ring (bicyclic) bond motifs is 4. The van der Waals surface area contributed by atoms with Crippen LogP contribution in [0.5, 0.6) is 0 Å². The average Bonchev–Trinajstić information content (AvgIpc) is 3.12. The van der Waals surface area contributed by atoms with Crippen molar-refractivity contribution in [3.8, 4) is 0 Å². The van der Waals surface area contributed by atoms with Gasteiger partial charge in [0.15, 0.2) is 0 Å². The van der Waals surface area contributed by atoms with E-state index in [2.05, 4.69) is 24.0 Å². The molecule has 5 unspecified atom stereocenters. The fraction of sp³-hybridized carbons (Fsp3) is 0.500. The van der Waals surface area contributed by atoms with Gasteiger partial charge in [-0.1, -0.05) is 49.1 Å². The summed E-state index contributed by atoms with van der Waals surface area (Å²) in [6, 6.07) is 8.05. The topological polar surface area (TPSA) is 81.7 Å². The summed E-state index contributed by atoms with van der Waals surface area (Å²) in [6.07, 6.45) is 6.31. The van der Waals surface area contributed by atoms with Gasteiger partial charge >= 0.3 is 5.97 Å². The Hall–Kier alpha value is -2.99. The zero-order valence-electron chi connectivity index (χ0n) is 21.9. The lowest BCUT2D eigenvalue weighted by Crippen LogP contribution is -2.74. The number of imide groups is 1. The average molecular weight is 490 g/mol. The van der Waals surface area contributed by atoms with Gasteiger partial charge in [0.1, 0.15) is 6.61 Å². The normalized spacial score (nSPS) is 32.2. The molecule has 4 aliphatic rings. The van der Waals surface area contributed by atoms with Gasteiger partial charge in [-0.05, 0) is 63.3 Å². The predicted molar refractivity (Wildman–Crippen MR) is 136 cm³/mol. The summed E-state index contributed by atoms with van der Waals surface area (Å²) in [5.74, 6) is -1.87. The minimum absolute atomic E-state index is 0.0866. The maximum absolute atomic E-state index is 13.5. The van der Waals surface area contributed by atoms with Gasteiger partial charge in [-0.15, -0.1) is 0 Å². The molecule has 3 aliphatic carbocycles. The number of nitrogens with one attached hydrogen (secondary N) is 1. The predicted octanol–water partition coefficient (Wildman–Crippen LogP) is 4.15. The van der Waals surface area contributed by atoms with E-state index in [1.807, 2.05) is 65.0 Å². The Balaban J connectivity index is 1.62. The maximum atomic E-state index is 13.5. The second kappa shape index (κ2) is 7.75. The largest absolute Gasteiger partial charge is 0.464 e. The van der Waals surface area contributed by atoms with E-state index in [-0.39, 0.29) is 30.3 Å². The molecule has 1 spiro atoms. The highest BCUT2D eigenvalue weighted by atomic mass is 16.5. The van der Waals surface area contributed by atoms with Crippen molar-refractivity contribution in [3.05, 3.63) is 71.3 Å². The molecule has 1 aliphatic heterocycles. The first-order chi connectivity index (χ1) is 16.9. The number of carbonyl (C=O) groups excluding carboxylic acids is 3. The number of allylic oxidation sites excluding steroid dienone is 4. The van der Waals surface area contributed by atoms with E-state index in [1.165, 1.54) is 0 Å². The Morgan fingerprint density at radius 1 is 1.11 bits per heavy atom. The molecule has 6 heteroatoms. The van der Waals surface area contributed by atoms with E-state index in [4.69, 9.17) is 9.47 Å². The van der Waals surface area contributed by atoms with Crippen LogP contribution in [0.15, 0.2) is 60.2 Å². The molecule has 0 bridgehead atoms. The van der Waals surface area contributed by atoms with Crippen molar-refractivity contribution in [1.29, 1.82) is 0 Å². The van der Waals surface area contributed by atoms with Crippen molar-refractivity contribution in [2.45, 2.75) is 57.5 Å². The third-order valence-electron chi connectivity index (χ3n) is 9.12. The van der Waals surface area contributed by atoms with Crippen LogP contribution < -0.4 is 5.32 Å². The van der Waals surface area contributed by atoms with Gasteiger partial charge in [0, 0.05) is 18.4 Å². The monoisotopic (exact) mass is 489 g/mol. The number of methoxy groups -OCH3 is 1. The molecule has 1 saturated carbocycles. The van der Waals surface area contributed by atoms with Crippen LogP contribution in [-0.4, -0.2) is 37.1 Å². The number of hydrogen-bond acceptors (Lipinski definition) is 5. The molecule has 6 nitrogen and oxygen atoms in total. The Morgan fingerprint density at radius 3 is 2.39 bits per heavy atom. The Kier molecular flexibility index (Phi) is 5.32. The summed E-state index contributed by atoms with van der Waals surface area (Å²) >= 11 is 0. The summed E-state index contributed by atoms with van der Waals surface area (Å²) in [5.41, 5.74) is 1.41. The van der Waals surface area contributed by atoms with Crippen LogP contribution in [0.4, 0.5) is 0 Å². The van der Waals surface area contributed by atoms with E-state index in [0.717, 1.165) is 22.3 Å². The third kappa shape index (κ3) is 2.74. The number of hydrogen-bond donors (Lipinski definition) is 1. The summed E-state index contributed by atoms with van der Waals surface area (Å²) in [7, 11) is 1.64. The van der Waals surface area contributed by atoms with Crippen molar-refractivity contribution in [1.82, 2.24) is 5.32 Å². The van der Waals surface area contributed by atoms with Gasteiger partial charge in [-0.3, -0.25) is 19.7 Å². The first kappa shape index (κ1) is 24.7. The van der Waals surface area contributed by atoms with Crippen molar-refractivity contribution >= 4 is 17.8 Å². The summed E-state index contributed by atoms with van der Waals surface area (Å²) in [5, 5.41) is 2.58.